The number of nitro groups is 1. The zero-order valence-electron chi connectivity index (χ0n) is 8.26. The maximum Gasteiger partial charge on any atom is 0.309 e. The monoisotopic (exact) mass is 247 g/mol. The summed E-state index contributed by atoms with van der Waals surface area (Å²) < 4.78 is 25.0. The van der Waals surface area contributed by atoms with Crippen LogP contribution >= 0.6 is 0 Å². The highest BCUT2D eigenvalue weighted by molar-refractivity contribution is 5.72. The molecule has 0 amide bonds. The van der Waals surface area contributed by atoms with Gasteiger partial charge < -0.3 is 10.8 Å². The van der Waals surface area contributed by atoms with E-state index in [0.29, 0.717) is 6.07 Å². The Morgan fingerprint density at radius 1 is 1.65 bits per heavy atom. The van der Waals surface area contributed by atoms with Crippen molar-refractivity contribution < 1.29 is 23.6 Å². The summed E-state index contributed by atoms with van der Waals surface area (Å²) in [5, 5.41) is 19.0. The fraction of sp³-hybridized carbons (Fsp3) is 0.250. The lowest BCUT2D eigenvalue weighted by Crippen LogP contribution is -2.10. The van der Waals surface area contributed by atoms with Crippen molar-refractivity contribution >= 4 is 17.3 Å². The van der Waals surface area contributed by atoms with E-state index in [1.807, 2.05) is 0 Å². The summed E-state index contributed by atoms with van der Waals surface area (Å²) in [4.78, 5) is 23.1. The molecule has 0 aliphatic heterocycles. The molecule has 0 radical (unpaired) electrons. The van der Waals surface area contributed by atoms with Gasteiger partial charge in [-0.2, -0.15) is 0 Å². The Bertz CT molecular complexity index is 478. The van der Waals surface area contributed by atoms with Gasteiger partial charge in [0.1, 0.15) is 0 Å². The minimum absolute atomic E-state index is 0.302. The number of halogens is 2. The Kier molecular flexibility index (Phi) is 3.51. The highest BCUT2D eigenvalue weighted by Gasteiger charge is 2.26. The number of hydrogen-bond acceptors (Lipinski definition) is 5. The number of carboxylic acids is 1. The molecule has 0 fully saturated rings. The SMILES string of the molecule is Nc1cc([N+](=O)[O-])c(C(F)F)nc1CC(=O)O. The second-order valence-electron chi connectivity index (χ2n) is 3.06. The number of anilines is 1. The van der Waals surface area contributed by atoms with Crippen molar-refractivity contribution in [3.63, 3.8) is 0 Å². The van der Waals surface area contributed by atoms with Gasteiger partial charge in [-0.15, -0.1) is 0 Å². The fourth-order valence-corrected chi connectivity index (χ4v) is 1.16. The highest BCUT2D eigenvalue weighted by Crippen LogP contribution is 2.30. The van der Waals surface area contributed by atoms with Gasteiger partial charge in [0, 0.05) is 6.07 Å². The average molecular weight is 247 g/mol. The number of nitrogen functional groups attached to an aromatic ring is 1. The van der Waals surface area contributed by atoms with Crippen LogP contribution in [-0.4, -0.2) is 21.0 Å². The Morgan fingerprint density at radius 3 is 2.65 bits per heavy atom. The smallest absolute Gasteiger partial charge is 0.309 e. The molecule has 0 saturated carbocycles. The quantitative estimate of drug-likeness (QED) is 0.608. The maximum atomic E-state index is 12.5. The molecule has 0 spiro atoms. The van der Waals surface area contributed by atoms with Gasteiger partial charge in [-0.3, -0.25) is 14.9 Å². The lowest BCUT2D eigenvalue weighted by molar-refractivity contribution is -0.386. The molecule has 1 aromatic heterocycles. The molecule has 9 heteroatoms. The number of nitrogens with two attached hydrogens (primary N) is 1. The lowest BCUT2D eigenvalue weighted by Gasteiger charge is -2.06. The number of carbonyl (C=O) groups is 1. The van der Waals surface area contributed by atoms with Crippen LogP contribution in [-0.2, 0) is 11.2 Å². The van der Waals surface area contributed by atoms with Crippen molar-refractivity contribution in [1.82, 2.24) is 4.98 Å². The van der Waals surface area contributed by atoms with Crippen LogP contribution < -0.4 is 5.73 Å². The molecule has 0 aromatic carbocycles. The van der Waals surface area contributed by atoms with Gasteiger partial charge in [0.15, 0.2) is 5.69 Å². The highest BCUT2D eigenvalue weighted by atomic mass is 19.3. The summed E-state index contributed by atoms with van der Waals surface area (Å²) in [5.74, 6) is -1.32. The Balaban J connectivity index is 3.34. The second kappa shape index (κ2) is 4.68. The number of aliphatic carboxylic acids is 1. The molecule has 0 unspecified atom stereocenters. The van der Waals surface area contributed by atoms with Gasteiger partial charge in [-0.1, -0.05) is 0 Å². The second-order valence-corrected chi connectivity index (χ2v) is 3.06. The van der Waals surface area contributed by atoms with E-state index in [2.05, 4.69) is 4.98 Å². The van der Waals surface area contributed by atoms with Crippen LogP contribution in [0.1, 0.15) is 17.8 Å². The van der Waals surface area contributed by atoms with Crippen LogP contribution in [0.3, 0.4) is 0 Å². The van der Waals surface area contributed by atoms with Gasteiger partial charge in [0.05, 0.1) is 22.7 Å². The van der Waals surface area contributed by atoms with Crippen molar-refractivity contribution in [3.05, 3.63) is 27.6 Å². The Labute approximate surface area is 93.0 Å². The van der Waals surface area contributed by atoms with E-state index >= 15 is 0 Å². The molecular formula is C8H7F2N3O4. The van der Waals surface area contributed by atoms with E-state index in [4.69, 9.17) is 10.8 Å². The largest absolute Gasteiger partial charge is 0.481 e. The van der Waals surface area contributed by atoms with Gasteiger partial charge >= 0.3 is 5.97 Å². The van der Waals surface area contributed by atoms with Crippen LogP contribution in [0.2, 0.25) is 0 Å². The molecule has 0 saturated heterocycles. The van der Waals surface area contributed by atoms with E-state index in [1.165, 1.54) is 0 Å². The average Bonchev–Trinajstić information content (AvgIpc) is 2.19. The number of carboxylic acid groups (broad SMARTS) is 1. The number of pyridine rings is 1. The molecule has 0 atom stereocenters. The summed E-state index contributed by atoms with van der Waals surface area (Å²) in [7, 11) is 0. The number of hydrogen-bond donors (Lipinski definition) is 2. The van der Waals surface area contributed by atoms with E-state index in [9.17, 15) is 23.7 Å². The first kappa shape index (κ1) is 12.7. The fourth-order valence-electron chi connectivity index (χ4n) is 1.16. The third kappa shape index (κ3) is 2.83. The number of rotatable bonds is 4. The van der Waals surface area contributed by atoms with Gasteiger partial charge in [0.25, 0.3) is 12.1 Å². The van der Waals surface area contributed by atoms with Crippen molar-refractivity contribution in [1.29, 1.82) is 0 Å². The zero-order valence-corrected chi connectivity index (χ0v) is 8.26. The van der Waals surface area contributed by atoms with Crippen molar-refractivity contribution in [2.45, 2.75) is 12.8 Å². The van der Waals surface area contributed by atoms with E-state index in [0.717, 1.165) is 0 Å². The van der Waals surface area contributed by atoms with Crippen molar-refractivity contribution in [2.24, 2.45) is 0 Å². The molecule has 1 aromatic rings. The minimum Gasteiger partial charge on any atom is -0.481 e. The number of nitrogens with zero attached hydrogens (tertiary/aromatic N) is 2. The first-order chi connectivity index (χ1) is 7.82. The Hall–Kier alpha value is -2.32. The molecular weight excluding hydrogens is 240 g/mol. The molecule has 0 aliphatic rings. The number of alkyl halides is 2. The molecule has 0 bridgehead atoms. The van der Waals surface area contributed by atoms with Gasteiger partial charge in [-0.25, -0.2) is 13.8 Å². The van der Waals surface area contributed by atoms with Crippen LogP contribution in [0, 0.1) is 10.1 Å². The third-order valence-electron chi connectivity index (χ3n) is 1.87. The zero-order chi connectivity index (χ0) is 13.2. The molecule has 92 valence electrons. The number of aromatic nitrogens is 1. The van der Waals surface area contributed by atoms with E-state index in [1.54, 1.807) is 0 Å². The minimum atomic E-state index is -3.18. The molecule has 3 N–H and O–H groups in total. The predicted octanol–water partition coefficient (Wildman–Crippen LogP) is 1.14. The topological polar surface area (TPSA) is 119 Å². The van der Waals surface area contributed by atoms with Crippen LogP contribution in [0.5, 0.6) is 0 Å². The van der Waals surface area contributed by atoms with Crippen LogP contribution in [0.15, 0.2) is 6.07 Å². The summed E-state index contributed by atoms with van der Waals surface area (Å²) in [6.07, 6.45) is -3.85. The van der Waals surface area contributed by atoms with Gasteiger partial charge in [-0.05, 0) is 0 Å². The molecule has 17 heavy (non-hydrogen) atoms. The first-order valence-electron chi connectivity index (χ1n) is 4.26. The molecule has 0 aliphatic carbocycles. The molecule has 7 nitrogen and oxygen atoms in total. The van der Waals surface area contributed by atoms with Crippen LogP contribution in [0.25, 0.3) is 0 Å². The summed E-state index contributed by atoms with van der Waals surface area (Å²) in [5.41, 5.74) is 2.67. The first-order valence-corrected chi connectivity index (χ1v) is 4.26. The maximum absolute atomic E-state index is 12.5. The lowest BCUT2D eigenvalue weighted by atomic mass is 10.2. The molecule has 1 rings (SSSR count). The normalized spacial score (nSPS) is 10.5. The third-order valence-corrected chi connectivity index (χ3v) is 1.87. The van der Waals surface area contributed by atoms with E-state index < -0.39 is 35.1 Å². The standard InChI is InChI=1S/C8H7F2N3O4/c9-8(10)7-5(13(16)17)1-3(11)4(12-7)2-6(14)15/h1,8H,2,11H2,(H,14,15). The van der Waals surface area contributed by atoms with Crippen molar-refractivity contribution in [2.75, 3.05) is 5.73 Å². The summed E-state index contributed by atoms with van der Waals surface area (Å²) >= 11 is 0. The van der Waals surface area contributed by atoms with Gasteiger partial charge in [0.2, 0.25) is 0 Å². The predicted molar refractivity (Wildman–Crippen MR) is 51.6 cm³/mol. The summed E-state index contributed by atoms with van der Waals surface area (Å²) in [6, 6.07) is 0.687. The molecule has 1 heterocycles. The van der Waals surface area contributed by atoms with Crippen molar-refractivity contribution in [3.8, 4) is 0 Å². The van der Waals surface area contributed by atoms with E-state index in [-0.39, 0.29) is 11.4 Å². The Morgan fingerprint density at radius 2 is 2.24 bits per heavy atom. The van der Waals surface area contributed by atoms with Crippen LogP contribution in [0.4, 0.5) is 20.2 Å². The summed E-state index contributed by atoms with van der Waals surface area (Å²) in [6.45, 7) is 0.